The molecule has 8 nitrogen and oxygen atoms in total. The van der Waals surface area contributed by atoms with Crippen molar-refractivity contribution in [2.75, 3.05) is 11.9 Å². The molecule has 1 heterocycles. The molecule has 10 heteroatoms. The van der Waals surface area contributed by atoms with Gasteiger partial charge in [0.1, 0.15) is 5.00 Å². The molecular weight excluding hydrogens is 388 g/mol. The summed E-state index contributed by atoms with van der Waals surface area (Å²) in [6.07, 6.45) is -0.605. The van der Waals surface area contributed by atoms with Crippen molar-refractivity contribution in [2.45, 2.75) is 39.5 Å². The van der Waals surface area contributed by atoms with Crippen molar-refractivity contribution in [3.05, 3.63) is 40.6 Å². The van der Waals surface area contributed by atoms with Crippen LogP contribution in [0.5, 0.6) is 0 Å². The predicted octanol–water partition coefficient (Wildman–Crippen LogP) is 3.34. The lowest BCUT2D eigenvalue weighted by molar-refractivity contribution is 0.168. The van der Waals surface area contributed by atoms with Crippen molar-refractivity contribution >= 4 is 38.4 Å². The summed E-state index contributed by atoms with van der Waals surface area (Å²) in [5, 5.41) is 7.05. The maximum absolute atomic E-state index is 12.6. The number of rotatable bonds is 6. The topological polar surface area (TPSA) is 110 Å². The zero-order chi connectivity index (χ0) is 20.2. The Morgan fingerprint density at radius 1 is 1.30 bits per heavy atom. The van der Waals surface area contributed by atoms with Crippen LogP contribution in [0.3, 0.4) is 0 Å². The van der Waals surface area contributed by atoms with Crippen LogP contribution >= 0.6 is 11.5 Å². The average Bonchev–Trinajstić information content (AvgIpc) is 2.95. The van der Waals surface area contributed by atoms with Crippen LogP contribution in [0.15, 0.2) is 28.2 Å². The number of benzene rings is 1. The molecule has 0 saturated carbocycles. The molecule has 0 atom stereocenters. The highest BCUT2D eigenvalue weighted by molar-refractivity contribution is 7.89. The van der Waals surface area contributed by atoms with Crippen molar-refractivity contribution < 1.29 is 17.9 Å². The molecule has 2 rings (SSSR count). The fraction of sp³-hybridized carbons (Fsp3) is 0.353. The van der Waals surface area contributed by atoms with Gasteiger partial charge in [-0.2, -0.15) is 22.7 Å². The maximum atomic E-state index is 12.6. The van der Waals surface area contributed by atoms with Crippen LogP contribution in [0.2, 0.25) is 0 Å². The first kappa shape index (κ1) is 20.8. The normalized spacial score (nSPS) is 12.0. The Bertz CT molecular complexity index is 981. The first-order valence-corrected chi connectivity index (χ1v) is 10.4. The van der Waals surface area contributed by atoms with Gasteiger partial charge < -0.3 is 4.74 Å². The van der Waals surface area contributed by atoms with E-state index in [0.717, 1.165) is 17.1 Å². The molecular formula is C17H22N4O4S2. The molecule has 0 saturated heterocycles. The summed E-state index contributed by atoms with van der Waals surface area (Å²) in [6, 6.07) is 5.18. The lowest BCUT2D eigenvalue weighted by Crippen LogP contribution is -2.21. The molecule has 27 heavy (non-hydrogen) atoms. The minimum atomic E-state index is -3.82. The summed E-state index contributed by atoms with van der Waals surface area (Å²) in [7, 11) is -3.82. The van der Waals surface area contributed by atoms with Gasteiger partial charge in [-0.05, 0) is 63.3 Å². The summed E-state index contributed by atoms with van der Waals surface area (Å²) in [5.41, 5.74) is 3.01. The molecule has 1 aromatic heterocycles. The standard InChI is InChI=1S/C17H22N4O4S2/c1-6-25-17(22)18-16-15(13(5)20-26-16)12(4)19-21-27(23,24)14-9-10(2)7-8-11(14)3/h7-9,21H,6H2,1-5H3,(H,18,22)/b19-12+. The third-order valence-electron chi connectivity index (χ3n) is 3.68. The third-order valence-corrected chi connectivity index (χ3v) is 5.89. The van der Waals surface area contributed by atoms with Gasteiger partial charge in [0.2, 0.25) is 0 Å². The van der Waals surface area contributed by atoms with E-state index in [4.69, 9.17) is 4.74 Å². The Morgan fingerprint density at radius 3 is 2.67 bits per heavy atom. The SMILES string of the molecule is CCOC(=O)Nc1snc(C)c1/C(C)=N/NS(=O)(=O)c1cc(C)ccc1C. The molecule has 2 aromatic rings. The van der Waals surface area contributed by atoms with Gasteiger partial charge in [-0.1, -0.05) is 12.1 Å². The van der Waals surface area contributed by atoms with E-state index in [0.29, 0.717) is 27.5 Å². The van der Waals surface area contributed by atoms with Gasteiger partial charge in [0.25, 0.3) is 10.0 Å². The van der Waals surface area contributed by atoms with Crippen LogP contribution in [0, 0.1) is 20.8 Å². The minimum absolute atomic E-state index is 0.170. The zero-order valence-electron chi connectivity index (χ0n) is 15.8. The van der Waals surface area contributed by atoms with Crippen LogP contribution < -0.4 is 10.1 Å². The fourth-order valence-electron chi connectivity index (χ4n) is 2.37. The quantitative estimate of drug-likeness (QED) is 0.561. The minimum Gasteiger partial charge on any atom is -0.450 e. The number of sulfonamides is 1. The lowest BCUT2D eigenvalue weighted by atomic mass is 10.2. The van der Waals surface area contributed by atoms with Crippen molar-refractivity contribution in [3.63, 3.8) is 0 Å². The number of carbonyl (C=O) groups excluding carboxylic acids is 1. The Hall–Kier alpha value is -2.46. The number of hydrazone groups is 1. The summed E-state index contributed by atoms with van der Waals surface area (Å²) in [5.74, 6) is 0. The molecule has 1 amide bonds. The van der Waals surface area contributed by atoms with E-state index in [1.54, 1.807) is 39.8 Å². The summed E-state index contributed by atoms with van der Waals surface area (Å²) in [6.45, 7) is 8.87. The molecule has 0 unspecified atom stereocenters. The highest BCUT2D eigenvalue weighted by Gasteiger charge is 2.19. The lowest BCUT2D eigenvalue weighted by Gasteiger charge is -2.10. The molecule has 0 fully saturated rings. The second kappa shape index (κ2) is 8.49. The fourth-order valence-corrected chi connectivity index (χ4v) is 4.40. The van der Waals surface area contributed by atoms with E-state index in [9.17, 15) is 13.2 Å². The molecule has 0 radical (unpaired) electrons. The van der Waals surface area contributed by atoms with Crippen molar-refractivity contribution in [3.8, 4) is 0 Å². The van der Waals surface area contributed by atoms with E-state index in [1.807, 2.05) is 13.0 Å². The van der Waals surface area contributed by atoms with E-state index in [-0.39, 0.29) is 11.5 Å². The van der Waals surface area contributed by atoms with Gasteiger partial charge in [0, 0.05) is 0 Å². The first-order chi connectivity index (χ1) is 12.7. The molecule has 2 N–H and O–H groups in total. The number of ether oxygens (including phenoxy) is 1. The van der Waals surface area contributed by atoms with E-state index < -0.39 is 16.1 Å². The Morgan fingerprint density at radius 2 is 2.00 bits per heavy atom. The predicted molar refractivity (Wildman–Crippen MR) is 106 cm³/mol. The molecule has 0 bridgehead atoms. The van der Waals surface area contributed by atoms with Crippen molar-refractivity contribution in [1.29, 1.82) is 0 Å². The molecule has 0 aliphatic heterocycles. The number of hydrogen-bond acceptors (Lipinski definition) is 7. The van der Waals surface area contributed by atoms with Gasteiger partial charge in [-0.25, -0.2) is 4.79 Å². The second-order valence-corrected chi connectivity index (χ2v) is 8.28. The van der Waals surface area contributed by atoms with E-state index >= 15 is 0 Å². The zero-order valence-corrected chi connectivity index (χ0v) is 17.4. The van der Waals surface area contributed by atoms with Crippen LogP contribution in [-0.2, 0) is 14.8 Å². The van der Waals surface area contributed by atoms with E-state index in [1.165, 1.54) is 0 Å². The summed E-state index contributed by atoms with van der Waals surface area (Å²) < 4.78 is 34.2. The van der Waals surface area contributed by atoms with Gasteiger partial charge in [0.15, 0.2) is 0 Å². The number of nitrogens with one attached hydrogen (secondary N) is 2. The van der Waals surface area contributed by atoms with Crippen LogP contribution in [0.4, 0.5) is 9.80 Å². The average molecular weight is 411 g/mol. The van der Waals surface area contributed by atoms with Crippen LogP contribution in [0.25, 0.3) is 0 Å². The van der Waals surface area contributed by atoms with Crippen LogP contribution in [-0.4, -0.2) is 31.2 Å². The van der Waals surface area contributed by atoms with Gasteiger partial charge in [0.05, 0.1) is 28.5 Å². The number of aryl methyl sites for hydroxylation is 3. The Kier molecular flexibility index (Phi) is 6.55. The number of carbonyl (C=O) groups is 1. The number of amides is 1. The molecule has 0 aliphatic carbocycles. The Balaban J connectivity index is 2.29. The number of anilines is 1. The molecule has 146 valence electrons. The molecule has 1 aromatic carbocycles. The van der Waals surface area contributed by atoms with Crippen molar-refractivity contribution in [2.24, 2.45) is 5.10 Å². The van der Waals surface area contributed by atoms with E-state index in [2.05, 4.69) is 19.6 Å². The second-order valence-electron chi connectivity index (χ2n) is 5.88. The number of aromatic nitrogens is 1. The van der Waals surface area contributed by atoms with Crippen molar-refractivity contribution in [1.82, 2.24) is 9.20 Å². The third kappa shape index (κ3) is 5.04. The smallest absolute Gasteiger partial charge is 0.412 e. The van der Waals surface area contributed by atoms with Crippen LogP contribution in [0.1, 0.15) is 36.2 Å². The summed E-state index contributed by atoms with van der Waals surface area (Å²) >= 11 is 1.07. The number of hydrogen-bond donors (Lipinski definition) is 2. The van der Waals surface area contributed by atoms with Gasteiger partial charge in [-0.15, -0.1) is 0 Å². The largest absolute Gasteiger partial charge is 0.450 e. The van der Waals surface area contributed by atoms with Gasteiger partial charge in [-0.3, -0.25) is 5.32 Å². The highest BCUT2D eigenvalue weighted by Crippen LogP contribution is 2.25. The monoisotopic (exact) mass is 410 g/mol. The number of nitrogens with zero attached hydrogens (tertiary/aromatic N) is 2. The summed E-state index contributed by atoms with van der Waals surface area (Å²) in [4.78, 5) is 14.1. The maximum Gasteiger partial charge on any atom is 0.412 e. The molecule has 0 aliphatic rings. The molecule has 0 spiro atoms. The first-order valence-electron chi connectivity index (χ1n) is 8.19. The van der Waals surface area contributed by atoms with Gasteiger partial charge >= 0.3 is 6.09 Å². The highest BCUT2D eigenvalue weighted by atomic mass is 32.2. The Labute approximate surface area is 162 Å².